The molecule has 324 valence electrons. The normalized spacial score (nSPS) is 17.2. The van der Waals surface area contributed by atoms with Crippen LogP contribution in [0.2, 0.25) is 0 Å². The Balaban J connectivity index is 7.78. The third-order valence-corrected chi connectivity index (χ3v) is 6.39. The van der Waals surface area contributed by atoms with Gasteiger partial charge in [0.05, 0.1) is 0 Å². The highest BCUT2D eigenvalue weighted by Gasteiger charge is 3.02. The minimum atomic E-state index is -10.3. The molecule has 0 saturated carbocycles. The van der Waals surface area contributed by atoms with Crippen molar-refractivity contribution in [2.45, 2.75) is 94.8 Å². The van der Waals surface area contributed by atoms with Crippen LogP contribution < -0.4 is 0 Å². The predicted molar refractivity (Wildman–Crippen MR) is 90.1 cm³/mol. The molecule has 0 aromatic carbocycles. The highest BCUT2D eigenvalue weighted by Crippen LogP contribution is 2.70. The number of rotatable bonds is 17. The molecule has 54 heavy (non-hydrogen) atoms. The van der Waals surface area contributed by atoms with Crippen molar-refractivity contribution < 1.29 is 158 Å². The van der Waals surface area contributed by atoms with Crippen LogP contribution in [-0.4, -0.2) is 94.8 Å². The van der Waals surface area contributed by atoms with Gasteiger partial charge in [0.25, 0.3) is 0 Å². The van der Waals surface area contributed by atoms with Gasteiger partial charge in [0.15, 0.2) is 0 Å². The van der Waals surface area contributed by atoms with Crippen molar-refractivity contribution in [2.24, 2.45) is 0 Å². The van der Waals surface area contributed by atoms with Crippen LogP contribution in [0.5, 0.6) is 0 Å². The largest absolute Gasteiger partial charge is 0.385 e. The standard InChI is InChI=1S/C18F36/c19-1(20)3(23,24)5(27,28)7(31,32)9(35,36)11(39,40)13(43,44)15(47,48)17(51,52)18(53,54)16(49,50)14(45,46)12(41,42)10(37,38)8(33,34)6(29,30)4(25,26)2(21)22. The van der Waals surface area contributed by atoms with Crippen molar-refractivity contribution in [2.75, 3.05) is 0 Å². The van der Waals surface area contributed by atoms with Gasteiger partial charge < -0.3 is 0 Å². The Morgan fingerprint density at radius 1 is 0.148 bits per heavy atom. The summed E-state index contributed by atoms with van der Waals surface area (Å²) in [6.45, 7) is 0. The van der Waals surface area contributed by atoms with Crippen molar-refractivity contribution in [3.63, 3.8) is 0 Å². The van der Waals surface area contributed by atoms with Crippen molar-refractivity contribution in [1.29, 1.82) is 0 Å². The predicted octanol–water partition coefficient (Wildman–Crippen LogP) is 12.0. The van der Waals surface area contributed by atoms with E-state index in [0.717, 1.165) is 0 Å². The summed E-state index contributed by atoms with van der Waals surface area (Å²) in [6.07, 6.45) is -11.2. The molecule has 0 saturated heterocycles. The van der Waals surface area contributed by atoms with Crippen molar-refractivity contribution >= 4 is 0 Å². The van der Waals surface area contributed by atoms with Crippen LogP contribution in [0.3, 0.4) is 0 Å². The summed E-state index contributed by atoms with van der Waals surface area (Å²) in [4.78, 5) is 0. The first-order valence-corrected chi connectivity index (χ1v) is 11.1. The van der Waals surface area contributed by atoms with E-state index in [4.69, 9.17) is 0 Å². The van der Waals surface area contributed by atoms with Crippen molar-refractivity contribution in [1.82, 2.24) is 0 Å². The van der Waals surface area contributed by atoms with Gasteiger partial charge in [-0.3, -0.25) is 0 Å². The number of alkyl halides is 32. The molecule has 0 amide bonds. The first-order valence-electron chi connectivity index (χ1n) is 11.1. The molecule has 0 aliphatic heterocycles. The molecule has 2 radical (unpaired) electrons. The molecule has 0 aromatic rings. The van der Waals surface area contributed by atoms with Crippen LogP contribution in [0.25, 0.3) is 0 Å². The Kier molecular flexibility index (Phi) is 11.9. The van der Waals surface area contributed by atoms with Crippen LogP contribution >= 0.6 is 0 Å². The van der Waals surface area contributed by atoms with Crippen LogP contribution in [0, 0.1) is 12.9 Å². The average molecular weight is 900 g/mol. The summed E-state index contributed by atoms with van der Waals surface area (Å²) in [5, 5.41) is 0. The Labute approximate surface area is 267 Å². The van der Waals surface area contributed by atoms with Gasteiger partial charge in [-0.2, -0.15) is 158 Å². The van der Waals surface area contributed by atoms with Gasteiger partial charge in [-0.05, 0) is 0 Å². The quantitative estimate of drug-likeness (QED) is 0.128. The lowest BCUT2D eigenvalue weighted by molar-refractivity contribution is -0.489. The fourth-order valence-corrected chi connectivity index (χ4v) is 3.00. The van der Waals surface area contributed by atoms with Gasteiger partial charge in [0.1, 0.15) is 0 Å². The van der Waals surface area contributed by atoms with Gasteiger partial charge in [0, 0.05) is 0 Å². The molecule has 36 heteroatoms. The van der Waals surface area contributed by atoms with Crippen LogP contribution in [0.15, 0.2) is 0 Å². The Morgan fingerprint density at radius 2 is 0.222 bits per heavy atom. The average Bonchev–Trinajstić information content (AvgIpc) is 2.95. The smallest absolute Gasteiger partial charge is 0.192 e. The van der Waals surface area contributed by atoms with Crippen LogP contribution in [0.4, 0.5) is 158 Å². The summed E-state index contributed by atoms with van der Waals surface area (Å²) in [5.41, 5.74) is 0. The monoisotopic (exact) mass is 900 g/mol. The van der Waals surface area contributed by atoms with E-state index in [2.05, 4.69) is 0 Å². The van der Waals surface area contributed by atoms with Gasteiger partial charge in [-0.15, -0.1) is 0 Å². The summed E-state index contributed by atoms with van der Waals surface area (Å²) in [7, 11) is 0. The van der Waals surface area contributed by atoms with Crippen LogP contribution in [-0.2, 0) is 0 Å². The van der Waals surface area contributed by atoms with E-state index in [0.29, 0.717) is 0 Å². The minimum Gasteiger partial charge on any atom is -0.192 e. The van der Waals surface area contributed by atoms with E-state index in [1.165, 1.54) is 0 Å². The molecule has 0 aliphatic carbocycles. The lowest BCUT2D eigenvalue weighted by Gasteiger charge is -2.47. The zero-order valence-electron chi connectivity index (χ0n) is 22.6. The summed E-state index contributed by atoms with van der Waals surface area (Å²) < 4.78 is 478. The van der Waals surface area contributed by atoms with Crippen molar-refractivity contribution in [3.05, 3.63) is 12.9 Å². The highest BCUT2D eigenvalue weighted by atomic mass is 19.4. The van der Waals surface area contributed by atoms with E-state index in [-0.39, 0.29) is 0 Å². The zero-order valence-corrected chi connectivity index (χ0v) is 22.6. The molecule has 0 fully saturated rings. The molecule has 0 bridgehead atoms. The van der Waals surface area contributed by atoms with Crippen molar-refractivity contribution in [3.8, 4) is 0 Å². The Morgan fingerprint density at radius 3 is 0.296 bits per heavy atom. The molecule has 0 spiro atoms. The number of halogens is 36. The van der Waals surface area contributed by atoms with E-state index >= 15 is 0 Å². The SMILES string of the molecule is F[C](F)C(F)(F)C(F)(F)C(F)(F)C(F)(F)C(F)(F)C(F)(F)C(F)(F)C(F)(F)C(F)(F)C(F)(F)C(F)(F)C(F)(F)C(F)(F)C(F)(F)C(F)(F)C(F)(F)[C](F)F. The van der Waals surface area contributed by atoms with E-state index < -0.39 is 108 Å². The minimum absolute atomic E-state index is 5.61. The number of hydrogen-bond acceptors (Lipinski definition) is 0. The molecule has 0 nitrogen and oxygen atoms in total. The first kappa shape index (κ1) is 51.5. The van der Waals surface area contributed by atoms with Gasteiger partial charge in [0.2, 0.25) is 0 Å². The zero-order chi connectivity index (χ0) is 45.2. The Bertz CT molecular complexity index is 1240. The fraction of sp³-hybridized carbons (Fsp3) is 0.889. The molecule has 0 rings (SSSR count). The maximum atomic E-state index is 13.8. The molecule has 0 heterocycles. The summed E-state index contributed by atoms with van der Waals surface area (Å²) in [5.74, 6) is -156. The lowest BCUT2D eigenvalue weighted by atomic mass is 9.82. The molecule has 0 aliphatic rings. The second-order valence-electron chi connectivity index (χ2n) is 9.71. The Hall–Kier alpha value is -2.52. The first-order chi connectivity index (χ1) is 22.6. The maximum Gasteiger partial charge on any atom is 0.385 e. The van der Waals surface area contributed by atoms with Gasteiger partial charge >= 0.3 is 108 Å². The molecule has 0 aromatic heterocycles. The molecule has 0 N–H and O–H groups in total. The fourth-order valence-electron chi connectivity index (χ4n) is 3.00. The van der Waals surface area contributed by atoms with E-state index in [1.54, 1.807) is 0 Å². The second-order valence-corrected chi connectivity index (χ2v) is 9.71. The van der Waals surface area contributed by atoms with E-state index in [9.17, 15) is 158 Å². The maximum absolute atomic E-state index is 13.8. The van der Waals surface area contributed by atoms with Gasteiger partial charge in [-0.1, -0.05) is 0 Å². The van der Waals surface area contributed by atoms with Crippen LogP contribution in [0.1, 0.15) is 0 Å². The topological polar surface area (TPSA) is 0 Å². The van der Waals surface area contributed by atoms with E-state index in [1.807, 2.05) is 0 Å². The second kappa shape index (κ2) is 12.5. The molecular weight excluding hydrogens is 900 g/mol. The third-order valence-electron chi connectivity index (χ3n) is 6.39. The highest BCUT2D eigenvalue weighted by molar-refractivity contribution is 5.23. The molecule has 0 unspecified atom stereocenters. The summed E-state index contributed by atoms with van der Waals surface area (Å²) in [6, 6.07) is 0. The summed E-state index contributed by atoms with van der Waals surface area (Å²) >= 11 is 0. The molecule has 0 atom stereocenters. The number of hydrogen-bond donors (Lipinski definition) is 0. The lowest BCUT2D eigenvalue weighted by Crippen LogP contribution is -2.80. The van der Waals surface area contributed by atoms with Gasteiger partial charge in [-0.25, -0.2) is 0 Å². The molecular formula is C18F36. The third kappa shape index (κ3) is 5.57.